The van der Waals surface area contributed by atoms with E-state index in [1.807, 2.05) is 13.8 Å². The summed E-state index contributed by atoms with van der Waals surface area (Å²) in [5.74, 6) is -2.13. The van der Waals surface area contributed by atoms with Crippen molar-refractivity contribution < 1.29 is 29.6 Å². The number of hydrogen-bond donors (Lipinski definition) is 3. The number of carbonyl (C=O) groups is 2. The van der Waals surface area contributed by atoms with Crippen LogP contribution in [0.4, 0.5) is 0 Å². The van der Waals surface area contributed by atoms with Crippen LogP contribution in [0.5, 0.6) is 0 Å². The van der Waals surface area contributed by atoms with E-state index >= 15 is 0 Å². The van der Waals surface area contributed by atoms with Gasteiger partial charge in [-0.3, -0.25) is 4.90 Å². The van der Waals surface area contributed by atoms with Gasteiger partial charge in [0, 0.05) is 13.1 Å². The summed E-state index contributed by atoms with van der Waals surface area (Å²) in [6.45, 7) is 6.70. The van der Waals surface area contributed by atoms with E-state index in [-0.39, 0.29) is 23.5 Å². The molecule has 0 bridgehead atoms. The second-order valence-electron chi connectivity index (χ2n) is 5.19. The van der Waals surface area contributed by atoms with Crippen LogP contribution in [0.2, 0.25) is 0 Å². The summed E-state index contributed by atoms with van der Waals surface area (Å²) in [6, 6.07) is 5.02. The topological polar surface area (TPSA) is 107 Å². The van der Waals surface area contributed by atoms with Crippen LogP contribution in [0.25, 0.3) is 0 Å². The number of carboxylic acid groups (broad SMARTS) is 2. The van der Waals surface area contributed by atoms with Crippen molar-refractivity contribution >= 4 is 11.9 Å². The number of β-amino-alcohol motifs (C(OH)–C–C–N with tert-alkyl or cyclic N) is 1. The van der Waals surface area contributed by atoms with E-state index in [1.54, 1.807) is 0 Å². The average molecular weight is 311 g/mol. The van der Waals surface area contributed by atoms with Gasteiger partial charge >= 0.3 is 11.9 Å². The third kappa shape index (κ3) is 5.10. The molecule has 1 fully saturated rings. The Hall–Kier alpha value is -1.96. The van der Waals surface area contributed by atoms with Gasteiger partial charge in [-0.2, -0.15) is 0 Å². The van der Waals surface area contributed by atoms with Gasteiger partial charge in [-0.1, -0.05) is 0 Å². The van der Waals surface area contributed by atoms with E-state index in [0.29, 0.717) is 6.54 Å². The summed E-state index contributed by atoms with van der Waals surface area (Å²) >= 11 is 0. The first-order valence-electron chi connectivity index (χ1n) is 6.84. The first-order chi connectivity index (χ1) is 10.3. The van der Waals surface area contributed by atoms with Crippen LogP contribution in [0.15, 0.2) is 24.3 Å². The van der Waals surface area contributed by atoms with Gasteiger partial charge in [0.15, 0.2) is 0 Å². The van der Waals surface area contributed by atoms with Crippen molar-refractivity contribution in [2.24, 2.45) is 0 Å². The Kier molecular flexibility index (Phi) is 6.48. The molecule has 7 nitrogen and oxygen atoms in total. The lowest BCUT2D eigenvalue weighted by Crippen LogP contribution is -2.40. The number of aromatic carboxylic acids is 2. The molecule has 1 aliphatic rings. The Labute approximate surface area is 128 Å². The quantitative estimate of drug-likeness (QED) is 0.765. The van der Waals surface area contributed by atoms with Crippen molar-refractivity contribution in [2.45, 2.75) is 19.6 Å². The van der Waals surface area contributed by atoms with Gasteiger partial charge in [0.05, 0.1) is 24.3 Å². The SMILES string of the molecule is CC1(C)OCCN1CCO.O=C(O)c1ccc(C(=O)O)cc1. The van der Waals surface area contributed by atoms with E-state index < -0.39 is 11.9 Å². The molecule has 0 aromatic heterocycles. The fourth-order valence-electron chi connectivity index (χ4n) is 2.02. The molecule has 22 heavy (non-hydrogen) atoms. The van der Waals surface area contributed by atoms with E-state index in [1.165, 1.54) is 24.3 Å². The highest BCUT2D eigenvalue weighted by Gasteiger charge is 2.31. The summed E-state index contributed by atoms with van der Waals surface area (Å²) in [5.41, 5.74) is 0.00271. The summed E-state index contributed by atoms with van der Waals surface area (Å²) < 4.78 is 5.42. The summed E-state index contributed by atoms with van der Waals surface area (Å²) in [5, 5.41) is 25.6. The Morgan fingerprint density at radius 3 is 1.86 bits per heavy atom. The van der Waals surface area contributed by atoms with Crippen LogP contribution < -0.4 is 0 Å². The maximum Gasteiger partial charge on any atom is 0.335 e. The molecule has 1 aromatic carbocycles. The van der Waals surface area contributed by atoms with Crippen LogP contribution in [0, 0.1) is 0 Å². The van der Waals surface area contributed by atoms with Gasteiger partial charge in [0.25, 0.3) is 0 Å². The summed E-state index contributed by atoms with van der Waals surface area (Å²) in [4.78, 5) is 22.8. The molecule has 1 aliphatic heterocycles. The van der Waals surface area contributed by atoms with Crippen molar-refractivity contribution in [1.82, 2.24) is 4.90 Å². The molecular weight excluding hydrogens is 290 g/mol. The van der Waals surface area contributed by atoms with Gasteiger partial charge in [-0.15, -0.1) is 0 Å². The van der Waals surface area contributed by atoms with Crippen molar-refractivity contribution in [2.75, 3.05) is 26.3 Å². The maximum atomic E-state index is 10.3. The lowest BCUT2D eigenvalue weighted by molar-refractivity contribution is -0.0542. The van der Waals surface area contributed by atoms with Gasteiger partial charge in [-0.25, -0.2) is 9.59 Å². The van der Waals surface area contributed by atoms with Gasteiger partial charge in [0.2, 0.25) is 0 Å². The largest absolute Gasteiger partial charge is 0.478 e. The minimum atomic E-state index is -1.06. The van der Waals surface area contributed by atoms with Gasteiger partial charge in [-0.05, 0) is 38.1 Å². The van der Waals surface area contributed by atoms with Gasteiger partial charge < -0.3 is 20.1 Å². The van der Waals surface area contributed by atoms with Crippen molar-refractivity contribution in [1.29, 1.82) is 0 Å². The van der Waals surface area contributed by atoms with Crippen molar-refractivity contribution in [3.63, 3.8) is 0 Å². The third-order valence-electron chi connectivity index (χ3n) is 3.33. The Balaban J connectivity index is 0.000000224. The van der Waals surface area contributed by atoms with Crippen molar-refractivity contribution in [3.8, 4) is 0 Å². The highest BCUT2D eigenvalue weighted by atomic mass is 16.5. The Morgan fingerprint density at radius 1 is 1.14 bits per heavy atom. The minimum Gasteiger partial charge on any atom is -0.478 e. The standard InChI is InChI=1S/C8H6O4.C7H15NO2/c9-7(10)5-1-2-6(4-3-5)8(11)12;1-7(2)8(3-5-9)4-6-10-7/h1-4H,(H,9,10)(H,11,12);9H,3-6H2,1-2H3. The molecule has 0 saturated carbocycles. The molecule has 3 N–H and O–H groups in total. The zero-order chi connectivity index (χ0) is 16.8. The van der Waals surface area contributed by atoms with Crippen molar-refractivity contribution in [3.05, 3.63) is 35.4 Å². The molecule has 1 saturated heterocycles. The van der Waals surface area contributed by atoms with Gasteiger partial charge in [0.1, 0.15) is 5.72 Å². The lowest BCUT2D eigenvalue weighted by Gasteiger charge is -2.28. The lowest BCUT2D eigenvalue weighted by atomic mass is 10.1. The fourth-order valence-corrected chi connectivity index (χ4v) is 2.02. The van der Waals surface area contributed by atoms with Crippen LogP contribution in [0.1, 0.15) is 34.6 Å². The van der Waals surface area contributed by atoms with Crippen LogP contribution in [0.3, 0.4) is 0 Å². The van der Waals surface area contributed by atoms with E-state index in [9.17, 15) is 9.59 Å². The maximum absolute atomic E-state index is 10.3. The molecule has 2 rings (SSSR count). The Morgan fingerprint density at radius 2 is 1.59 bits per heavy atom. The Bertz CT molecular complexity index is 478. The molecule has 7 heteroatoms. The first-order valence-corrected chi connectivity index (χ1v) is 6.84. The number of carboxylic acids is 2. The number of aliphatic hydroxyl groups is 1. The molecule has 0 radical (unpaired) electrons. The highest BCUT2D eigenvalue weighted by molar-refractivity contribution is 5.91. The highest BCUT2D eigenvalue weighted by Crippen LogP contribution is 2.20. The molecule has 1 aromatic rings. The monoisotopic (exact) mass is 311 g/mol. The molecule has 0 spiro atoms. The van der Waals surface area contributed by atoms with E-state index in [4.69, 9.17) is 20.1 Å². The number of aliphatic hydroxyl groups excluding tert-OH is 1. The summed E-state index contributed by atoms with van der Waals surface area (Å²) in [7, 11) is 0. The van der Waals surface area contributed by atoms with Crippen LogP contribution in [-0.2, 0) is 4.74 Å². The second-order valence-corrected chi connectivity index (χ2v) is 5.19. The number of nitrogens with zero attached hydrogens (tertiary/aromatic N) is 1. The zero-order valence-electron chi connectivity index (χ0n) is 12.7. The number of ether oxygens (including phenoxy) is 1. The second kappa shape index (κ2) is 7.88. The summed E-state index contributed by atoms with van der Waals surface area (Å²) in [6.07, 6.45) is 0. The molecule has 122 valence electrons. The minimum absolute atomic E-state index is 0.0833. The predicted molar refractivity (Wildman–Crippen MR) is 79.1 cm³/mol. The smallest absolute Gasteiger partial charge is 0.335 e. The van der Waals surface area contributed by atoms with Crippen LogP contribution >= 0.6 is 0 Å². The fraction of sp³-hybridized carbons (Fsp3) is 0.467. The molecule has 0 unspecified atom stereocenters. The average Bonchev–Trinajstić information content (AvgIpc) is 2.79. The first kappa shape index (κ1) is 18.1. The van der Waals surface area contributed by atoms with E-state index in [2.05, 4.69) is 4.90 Å². The molecule has 0 atom stereocenters. The third-order valence-corrected chi connectivity index (χ3v) is 3.33. The molecule has 0 aliphatic carbocycles. The zero-order valence-corrected chi connectivity index (χ0v) is 12.7. The number of rotatable bonds is 4. The number of benzene rings is 1. The normalized spacial score (nSPS) is 16.7. The number of hydrogen-bond acceptors (Lipinski definition) is 5. The predicted octanol–water partition coefficient (Wildman–Crippen LogP) is 1.13. The molecule has 1 heterocycles. The molecular formula is C15H21NO6. The van der Waals surface area contributed by atoms with Crippen LogP contribution in [-0.4, -0.2) is 64.2 Å². The molecule has 0 amide bonds. The van der Waals surface area contributed by atoms with E-state index in [0.717, 1.165) is 13.2 Å².